The molecule has 1 N–H and O–H groups in total. The first-order valence-electron chi connectivity index (χ1n) is 7.60. The summed E-state index contributed by atoms with van der Waals surface area (Å²) in [5.74, 6) is -0.396. The van der Waals surface area contributed by atoms with Crippen molar-refractivity contribution in [2.45, 2.75) is 18.4 Å². The summed E-state index contributed by atoms with van der Waals surface area (Å²) in [6.45, 7) is 1.83. The Labute approximate surface area is 157 Å². The van der Waals surface area contributed by atoms with Crippen LogP contribution in [0.15, 0.2) is 53.4 Å². The number of nitrogens with zero attached hydrogens (tertiary/aromatic N) is 1. The first kappa shape index (κ1) is 19.7. The normalized spacial score (nSPS) is 11.5. The number of halogens is 2. The van der Waals surface area contributed by atoms with Crippen LogP contribution in [0, 0.1) is 0 Å². The zero-order chi connectivity index (χ0) is 18.4. The average Bonchev–Trinajstić information content (AvgIpc) is 2.59. The van der Waals surface area contributed by atoms with Gasteiger partial charge in [-0.25, -0.2) is 8.42 Å². The highest BCUT2D eigenvalue weighted by atomic mass is 35.5. The molecule has 0 spiro atoms. The van der Waals surface area contributed by atoms with Gasteiger partial charge in [-0.05, 0) is 29.8 Å². The topological polar surface area (TPSA) is 66.5 Å². The minimum atomic E-state index is -3.84. The Kier molecular flexibility index (Phi) is 6.84. The maximum atomic E-state index is 12.7. The average molecular weight is 401 g/mol. The summed E-state index contributed by atoms with van der Waals surface area (Å²) in [6, 6.07) is 13.2. The van der Waals surface area contributed by atoms with Gasteiger partial charge in [0.15, 0.2) is 0 Å². The molecule has 134 valence electrons. The highest BCUT2D eigenvalue weighted by Crippen LogP contribution is 2.23. The van der Waals surface area contributed by atoms with E-state index in [4.69, 9.17) is 23.2 Å². The maximum Gasteiger partial charge on any atom is 0.245 e. The number of carbonyl (C=O) groups excluding carboxylic acids is 1. The number of nitrogens with one attached hydrogen (secondary N) is 1. The van der Waals surface area contributed by atoms with Gasteiger partial charge >= 0.3 is 0 Å². The third kappa shape index (κ3) is 5.19. The van der Waals surface area contributed by atoms with Gasteiger partial charge in [0.2, 0.25) is 15.9 Å². The number of hydrogen-bond donors (Lipinski definition) is 1. The van der Waals surface area contributed by atoms with Gasteiger partial charge in [-0.15, -0.1) is 0 Å². The predicted molar refractivity (Wildman–Crippen MR) is 99.2 cm³/mol. The molecule has 0 bridgehead atoms. The van der Waals surface area contributed by atoms with Gasteiger partial charge in [-0.3, -0.25) is 4.79 Å². The molecule has 0 radical (unpaired) electrons. The van der Waals surface area contributed by atoms with Crippen LogP contribution in [0.1, 0.15) is 12.5 Å². The summed E-state index contributed by atoms with van der Waals surface area (Å²) >= 11 is 11.8. The molecule has 0 saturated carbocycles. The van der Waals surface area contributed by atoms with E-state index < -0.39 is 15.9 Å². The highest BCUT2D eigenvalue weighted by Gasteiger charge is 2.27. The lowest BCUT2D eigenvalue weighted by Crippen LogP contribution is -2.40. The summed E-state index contributed by atoms with van der Waals surface area (Å²) in [7, 11) is -3.84. The molecule has 0 aliphatic heterocycles. The molecule has 0 heterocycles. The van der Waals surface area contributed by atoms with Gasteiger partial charge in [0.05, 0.1) is 11.6 Å². The fraction of sp³-hybridized carbons (Fsp3) is 0.235. The fourth-order valence-corrected chi connectivity index (χ4v) is 4.20. The first-order valence-corrected chi connectivity index (χ1v) is 9.80. The summed E-state index contributed by atoms with van der Waals surface area (Å²) in [5.41, 5.74) is 0.870. The molecule has 0 fully saturated rings. The van der Waals surface area contributed by atoms with E-state index in [1.807, 2.05) is 0 Å². The Morgan fingerprint density at radius 2 is 1.72 bits per heavy atom. The SMILES string of the molecule is CCN(CC(=O)NCc1ccc(Cl)cc1)S(=O)(=O)c1ccccc1Cl. The van der Waals surface area contributed by atoms with Gasteiger partial charge in [0, 0.05) is 18.1 Å². The van der Waals surface area contributed by atoms with Crippen LogP contribution >= 0.6 is 23.2 Å². The van der Waals surface area contributed by atoms with E-state index in [-0.39, 0.29) is 23.0 Å². The quantitative estimate of drug-likeness (QED) is 0.774. The van der Waals surface area contributed by atoms with Gasteiger partial charge in [-0.1, -0.05) is 54.4 Å². The zero-order valence-corrected chi connectivity index (χ0v) is 15.9. The van der Waals surface area contributed by atoms with Crippen molar-refractivity contribution in [3.05, 3.63) is 64.1 Å². The van der Waals surface area contributed by atoms with Crippen LogP contribution < -0.4 is 5.32 Å². The molecule has 0 aliphatic carbocycles. The summed E-state index contributed by atoms with van der Waals surface area (Å²) in [5, 5.41) is 3.44. The Morgan fingerprint density at radius 3 is 2.32 bits per heavy atom. The molecule has 8 heteroatoms. The molecule has 0 saturated heterocycles. The van der Waals surface area contributed by atoms with Gasteiger partial charge in [0.1, 0.15) is 4.90 Å². The second-order valence-corrected chi connectivity index (χ2v) is 8.01. The van der Waals surface area contributed by atoms with Crippen LogP contribution in [0.3, 0.4) is 0 Å². The lowest BCUT2D eigenvalue weighted by atomic mass is 10.2. The van der Waals surface area contributed by atoms with E-state index in [1.54, 1.807) is 43.3 Å². The molecule has 0 atom stereocenters. The standard InChI is InChI=1S/C17H18Cl2N2O3S/c1-2-21(25(23,24)16-6-4-3-5-15(16)19)12-17(22)20-11-13-7-9-14(18)10-8-13/h3-10H,2,11-12H2,1H3,(H,20,22). The van der Waals surface area contributed by atoms with Crippen molar-refractivity contribution in [1.82, 2.24) is 9.62 Å². The van der Waals surface area contributed by atoms with Crippen LogP contribution in [0.5, 0.6) is 0 Å². The van der Waals surface area contributed by atoms with Crippen LogP contribution in [-0.2, 0) is 21.4 Å². The Balaban J connectivity index is 2.04. The monoisotopic (exact) mass is 400 g/mol. The molecule has 5 nitrogen and oxygen atoms in total. The van der Waals surface area contributed by atoms with E-state index in [2.05, 4.69) is 5.32 Å². The number of amides is 1. The van der Waals surface area contributed by atoms with E-state index in [9.17, 15) is 13.2 Å². The smallest absolute Gasteiger partial charge is 0.245 e. The number of carbonyl (C=O) groups is 1. The number of likely N-dealkylation sites (N-methyl/N-ethyl adjacent to an activating group) is 1. The van der Waals surface area contributed by atoms with E-state index in [0.717, 1.165) is 9.87 Å². The minimum absolute atomic E-state index is 0.0102. The third-order valence-corrected chi connectivity index (χ3v) is 6.20. The molecule has 2 rings (SSSR count). The molecule has 1 amide bonds. The van der Waals surface area contributed by atoms with Crippen molar-refractivity contribution in [2.24, 2.45) is 0 Å². The van der Waals surface area contributed by atoms with Crippen LogP contribution in [0.2, 0.25) is 10.0 Å². The lowest BCUT2D eigenvalue weighted by Gasteiger charge is -2.20. The largest absolute Gasteiger partial charge is 0.351 e. The summed E-state index contributed by atoms with van der Waals surface area (Å²) < 4.78 is 26.4. The second-order valence-electron chi connectivity index (χ2n) is 5.26. The van der Waals surface area contributed by atoms with Gasteiger partial charge < -0.3 is 5.32 Å². The van der Waals surface area contributed by atoms with E-state index in [0.29, 0.717) is 11.6 Å². The minimum Gasteiger partial charge on any atom is -0.351 e. The predicted octanol–water partition coefficient (Wildman–Crippen LogP) is 3.32. The van der Waals surface area contributed by atoms with Gasteiger partial charge in [-0.2, -0.15) is 4.31 Å². The molecule has 0 aromatic heterocycles. The van der Waals surface area contributed by atoms with Crippen LogP contribution in [0.25, 0.3) is 0 Å². The Morgan fingerprint density at radius 1 is 1.08 bits per heavy atom. The summed E-state index contributed by atoms with van der Waals surface area (Å²) in [4.78, 5) is 12.1. The number of benzene rings is 2. The number of hydrogen-bond acceptors (Lipinski definition) is 3. The van der Waals surface area contributed by atoms with Crippen LogP contribution in [0.4, 0.5) is 0 Å². The third-order valence-electron chi connectivity index (χ3n) is 3.53. The molecule has 0 aliphatic rings. The van der Waals surface area contributed by atoms with E-state index >= 15 is 0 Å². The van der Waals surface area contributed by atoms with Crippen molar-refractivity contribution in [1.29, 1.82) is 0 Å². The van der Waals surface area contributed by atoms with Crippen molar-refractivity contribution in [3.8, 4) is 0 Å². The summed E-state index contributed by atoms with van der Waals surface area (Å²) in [6.07, 6.45) is 0. The maximum absolute atomic E-state index is 12.7. The fourth-order valence-electron chi connectivity index (χ4n) is 2.18. The highest BCUT2D eigenvalue weighted by molar-refractivity contribution is 7.89. The van der Waals surface area contributed by atoms with Crippen molar-refractivity contribution in [2.75, 3.05) is 13.1 Å². The van der Waals surface area contributed by atoms with Crippen molar-refractivity contribution >= 4 is 39.1 Å². The number of sulfonamides is 1. The molecule has 0 unspecified atom stereocenters. The van der Waals surface area contributed by atoms with E-state index in [1.165, 1.54) is 12.1 Å². The second kappa shape index (κ2) is 8.67. The number of rotatable bonds is 7. The Hall–Kier alpha value is -1.60. The molecule has 25 heavy (non-hydrogen) atoms. The Bertz CT molecular complexity index is 839. The molecular weight excluding hydrogens is 383 g/mol. The molecule has 2 aromatic rings. The van der Waals surface area contributed by atoms with Crippen molar-refractivity contribution in [3.63, 3.8) is 0 Å². The lowest BCUT2D eigenvalue weighted by molar-refractivity contribution is -0.121. The molecule has 2 aromatic carbocycles. The zero-order valence-electron chi connectivity index (χ0n) is 13.6. The van der Waals surface area contributed by atoms with Crippen LogP contribution in [-0.4, -0.2) is 31.7 Å². The van der Waals surface area contributed by atoms with Crippen molar-refractivity contribution < 1.29 is 13.2 Å². The first-order chi connectivity index (χ1) is 11.8. The van der Waals surface area contributed by atoms with Gasteiger partial charge in [0.25, 0.3) is 0 Å². The molecular formula is C17H18Cl2N2O3S.